The second kappa shape index (κ2) is 8.32. The highest BCUT2D eigenvalue weighted by atomic mass is 35.5. The van der Waals surface area contributed by atoms with E-state index >= 15 is 0 Å². The molecule has 9 heteroatoms. The Labute approximate surface area is 161 Å². The number of nitro benzene ring substituents is 1. The maximum atomic E-state index is 12.3. The van der Waals surface area contributed by atoms with Crippen LogP contribution >= 0.6 is 11.6 Å². The first kappa shape index (κ1) is 19.1. The van der Waals surface area contributed by atoms with Crippen molar-refractivity contribution in [3.8, 4) is 0 Å². The highest BCUT2D eigenvalue weighted by molar-refractivity contribution is 6.33. The molecule has 2 heterocycles. The molecule has 0 saturated carbocycles. The molecule has 8 nitrogen and oxygen atoms in total. The highest BCUT2D eigenvalue weighted by Gasteiger charge is 2.17. The van der Waals surface area contributed by atoms with Gasteiger partial charge < -0.3 is 15.1 Å². The molecule has 1 amide bonds. The van der Waals surface area contributed by atoms with Crippen LogP contribution in [0, 0.1) is 10.1 Å². The number of benzene rings is 1. The number of likely N-dealkylation sites (N-methyl/N-ethyl adjacent to an activating group) is 1. The Hall–Kier alpha value is -2.71. The lowest BCUT2D eigenvalue weighted by molar-refractivity contribution is -0.384. The Morgan fingerprint density at radius 1 is 1.26 bits per heavy atom. The first-order valence-electron chi connectivity index (χ1n) is 8.54. The van der Waals surface area contributed by atoms with Gasteiger partial charge in [-0.2, -0.15) is 0 Å². The number of aromatic nitrogens is 1. The molecular formula is C18H20ClN5O3. The maximum Gasteiger partial charge on any atom is 0.270 e. The van der Waals surface area contributed by atoms with E-state index in [0.29, 0.717) is 0 Å². The maximum absolute atomic E-state index is 12.3. The fourth-order valence-electron chi connectivity index (χ4n) is 2.82. The van der Waals surface area contributed by atoms with Crippen LogP contribution in [0.2, 0.25) is 5.02 Å². The molecule has 0 spiro atoms. The van der Waals surface area contributed by atoms with E-state index in [2.05, 4.69) is 27.1 Å². The molecule has 0 bridgehead atoms. The Morgan fingerprint density at radius 3 is 2.63 bits per heavy atom. The average Bonchev–Trinajstić information content (AvgIpc) is 2.67. The number of carbonyl (C=O) groups excluding carboxylic acids is 1. The molecule has 1 fully saturated rings. The summed E-state index contributed by atoms with van der Waals surface area (Å²) in [6.07, 6.45) is 1.73. The first-order valence-corrected chi connectivity index (χ1v) is 8.92. The number of halogens is 1. The predicted octanol–water partition coefficient (Wildman–Crippen LogP) is 2.33. The smallest absolute Gasteiger partial charge is 0.270 e. The monoisotopic (exact) mass is 389 g/mol. The van der Waals surface area contributed by atoms with Crippen molar-refractivity contribution in [2.75, 3.05) is 38.1 Å². The summed E-state index contributed by atoms with van der Waals surface area (Å²) in [6, 6.07) is 7.64. The number of nitro groups is 1. The summed E-state index contributed by atoms with van der Waals surface area (Å²) >= 11 is 5.99. The van der Waals surface area contributed by atoms with E-state index in [1.165, 1.54) is 18.2 Å². The number of non-ortho nitro benzene ring substituents is 1. The molecule has 2 aromatic rings. The molecule has 0 radical (unpaired) electrons. The number of hydrogen-bond donors (Lipinski definition) is 1. The lowest BCUT2D eigenvalue weighted by atomic mass is 10.2. The van der Waals surface area contributed by atoms with Crippen LogP contribution in [-0.4, -0.2) is 53.9 Å². The van der Waals surface area contributed by atoms with Crippen LogP contribution in [0.25, 0.3) is 0 Å². The van der Waals surface area contributed by atoms with Crippen LogP contribution in [0.4, 0.5) is 11.5 Å². The minimum absolute atomic E-state index is 0.0767. The molecule has 0 aliphatic carbocycles. The van der Waals surface area contributed by atoms with Crippen LogP contribution in [0.5, 0.6) is 0 Å². The zero-order valence-electron chi connectivity index (χ0n) is 14.9. The van der Waals surface area contributed by atoms with Gasteiger partial charge in [0.2, 0.25) is 0 Å². The molecule has 27 heavy (non-hydrogen) atoms. The van der Waals surface area contributed by atoms with Gasteiger partial charge in [-0.05, 0) is 24.7 Å². The Kier molecular flexibility index (Phi) is 5.88. The Bertz CT molecular complexity index is 835. The third-order valence-electron chi connectivity index (χ3n) is 4.49. The predicted molar refractivity (Wildman–Crippen MR) is 103 cm³/mol. The van der Waals surface area contributed by atoms with Gasteiger partial charge in [-0.1, -0.05) is 17.7 Å². The quantitative estimate of drug-likeness (QED) is 0.623. The molecular weight excluding hydrogens is 370 g/mol. The summed E-state index contributed by atoms with van der Waals surface area (Å²) in [5.74, 6) is 0.451. The van der Waals surface area contributed by atoms with Crippen LogP contribution in [0.3, 0.4) is 0 Å². The molecule has 0 atom stereocenters. The Balaban J connectivity index is 1.61. The largest absolute Gasteiger partial charge is 0.354 e. The first-order chi connectivity index (χ1) is 12.9. The summed E-state index contributed by atoms with van der Waals surface area (Å²) in [6.45, 7) is 4.14. The molecule has 1 aliphatic rings. The number of carbonyl (C=O) groups is 1. The minimum atomic E-state index is -0.561. The van der Waals surface area contributed by atoms with Crippen molar-refractivity contribution in [3.05, 3.63) is 62.8 Å². The zero-order valence-corrected chi connectivity index (χ0v) is 15.6. The van der Waals surface area contributed by atoms with Gasteiger partial charge in [0, 0.05) is 51.1 Å². The molecule has 1 aromatic carbocycles. The van der Waals surface area contributed by atoms with E-state index in [4.69, 9.17) is 11.6 Å². The third-order valence-corrected chi connectivity index (χ3v) is 4.82. The fourth-order valence-corrected chi connectivity index (χ4v) is 3.03. The number of amides is 1. The van der Waals surface area contributed by atoms with Crippen LogP contribution in [0.1, 0.15) is 15.9 Å². The normalized spacial score (nSPS) is 14.8. The van der Waals surface area contributed by atoms with Crippen LogP contribution in [0.15, 0.2) is 36.5 Å². The number of rotatable bonds is 5. The topological polar surface area (TPSA) is 91.6 Å². The molecule has 0 unspecified atom stereocenters. The van der Waals surface area contributed by atoms with Gasteiger partial charge in [-0.3, -0.25) is 14.9 Å². The number of nitrogens with zero attached hydrogens (tertiary/aromatic N) is 4. The number of nitrogens with one attached hydrogen (secondary N) is 1. The van der Waals surface area contributed by atoms with Crippen molar-refractivity contribution in [1.29, 1.82) is 0 Å². The number of piperazine rings is 1. The highest BCUT2D eigenvalue weighted by Crippen LogP contribution is 2.22. The SMILES string of the molecule is CN1CCN(c2ccc(CNC(=O)c3cc([N+](=O)[O-])ccc3Cl)cn2)CC1. The van der Waals surface area contributed by atoms with E-state index in [9.17, 15) is 14.9 Å². The van der Waals surface area contributed by atoms with Crippen LogP contribution in [-0.2, 0) is 6.54 Å². The van der Waals surface area contributed by atoms with Gasteiger partial charge >= 0.3 is 0 Å². The van der Waals surface area contributed by atoms with E-state index in [1.54, 1.807) is 6.20 Å². The molecule has 1 saturated heterocycles. The van der Waals surface area contributed by atoms with E-state index in [1.807, 2.05) is 12.1 Å². The average molecular weight is 390 g/mol. The van der Waals surface area contributed by atoms with Gasteiger partial charge in [0.1, 0.15) is 5.82 Å². The van der Waals surface area contributed by atoms with Crippen molar-refractivity contribution in [2.45, 2.75) is 6.54 Å². The van der Waals surface area contributed by atoms with E-state index in [0.717, 1.165) is 37.6 Å². The lowest BCUT2D eigenvalue weighted by Gasteiger charge is -2.33. The summed E-state index contributed by atoms with van der Waals surface area (Å²) in [5, 5.41) is 13.8. The lowest BCUT2D eigenvalue weighted by Crippen LogP contribution is -2.44. The van der Waals surface area contributed by atoms with Gasteiger partial charge in [0.15, 0.2) is 0 Å². The van der Waals surface area contributed by atoms with Gasteiger partial charge in [-0.25, -0.2) is 4.98 Å². The summed E-state index contributed by atoms with van der Waals surface area (Å²) in [4.78, 5) is 31.6. The Morgan fingerprint density at radius 2 is 2.00 bits per heavy atom. The number of anilines is 1. The summed E-state index contributed by atoms with van der Waals surface area (Å²) in [5.41, 5.74) is 0.735. The molecule has 1 N–H and O–H groups in total. The zero-order chi connectivity index (χ0) is 19.4. The van der Waals surface area contributed by atoms with E-state index in [-0.39, 0.29) is 22.8 Å². The summed E-state index contributed by atoms with van der Waals surface area (Å²) < 4.78 is 0. The molecule has 142 valence electrons. The van der Waals surface area contributed by atoms with Crippen molar-refractivity contribution >= 4 is 29.0 Å². The summed E-state index contributed by atoms with van der Waals surface area (Å²) in [7, 11) is 2.10. The van der Waals surface area contributed by atoms with Crippen molar-refractivity contribution in [2.24, 2.45) is 0 Å². The second-order valence-electron chi connectivity index (χ2n) is 6.42. The van der Waals surface area contributed by atoms with Gasteiger partial charge in [-0.15, -0.1) is 0 Å². The third kappa shape index (κ3) is 4.72. The fraction of sp³-hybridized carbons (Fsp3) is 0.333. The second-order valence-corrected chi connectivity index (χ2v) is 6.83. The standard InChI is InChI=1S/C18H20ClN5O3/c1-22-6-8-23(9-7-22)17-5-2-13(11-20-17)12-21-18(25)15-10-14(24(26)27)3-4-16(15)19/h2-5,10-11H,6-9,12H2,1H3,(H,21,25). The minimum Gasteiger partial charge on any atom is -0.354 e. The molecule has 1 aromatic heterocycles. The van der Waals surface area contributed by atoms with Gasteiger partial charge in [0.25, 0.3) is 11.6 Å². The van der Waals surface area contributed by atoms with Crippen molar-refractivity contribution in [1.82, 2.24) is 15.2 Å². The number of hydrogen-bond acceptors (Lipinski definition) is 6. The molecule has 1 aliphatic heterocycles. The van der Waals surface area contributed by atoms with Crippen molar-refractivity contribution < 1.29 is 9.72 Å². The van der Waals surface area contributed by atoms with Crippen LogP contribution < -0.4 is 10.2 Å². The van der Waals surface area contributed by atoms with Crippen molar-refractivity contribution in [3.63, 3.8) is 0 Å². The van der Waals surface area contributed by atoms with E-state index < -0.39 is 10.8 Å². The molecule has 3 rings (SSSR count). The van der Waals surface area contributed by atoms with Gasteiger partial charge in [0.05, 0.1) is 15.5 Å². The number of pyridine rings is 1.